The Hall–Kier alpha value is -2.81. The van der Waals surface area contributed by atoms with Crippen molar-refractivity contribution in [3.63, 3.8) is 0 Å². The van der Waals surface area contributed by atoms with Crippen LogP contribution >= 0.6 is 0 Å². The number of fused-ring (bicyclic) bond motifs is 3. The van der Waals surface area contributed by atoms with Crippen LogP contribution in [-0.4, -0.2) is 15.0 Å². The Bertz CT molecular complexity index is 992. The molecule has 0 aliphatic heterocycles. The van der Waals surface area contributed by atoms with Crippen molar-refractivity contribution in [2.24, 2.45) is 0 Å². The summed E-state index contributed by atoms with van der Waals surface area (Å²) in [7, 11) is 0. The second kappa shape index (κ2) is 4.88. The zero-order chi connectivity index (χ0) is 15.1. The van der Waals surface area contributed by atoms with Gasteiger partial charge >= 0.3 is 0 Å². The molecular weight excluding hydrogens is 270 g/mol. The molecule has 0 N–H and O–H groups in total. The molecule has 3 nitrogen and oxygen atoms in total. The van der Waals surface area contributed by atoms with Crippen LogP contribution in [-0.2, 0) is 0 Å². The van der Waals surface area contributed by atoms with Gasteiger partial charge < -0.3 is 0 Å². The lowest BCUT2D eigenvalue weighted by atomic mass is 9.98. The molecule has 22 heavy (non-hydrogen) atoms. The predicted molar refractivity (Wildman–Crippen MR) is 89.7 cm³/mol. The molecule has 1 aromatic carbocycles. The minimum Gasteiger partial charge on any atom is -0.255 e. The van der Waals surface area contributed by atoms with Gasteiger partial charge in [0.2, 0.25) is 0 Å². The maximum absolute atomic E-state index is 4.85. The van der Waals surface area contributed by atoms with Gasteiger partial charge in [0.15, 0.2) is 0 Å². The standard InChI is InChI=1S/C19H15N3/c1-12-13(2)15-8-9-17(16-7-3-4-10-20-16)22-19(15)18-14(12)6-5-11-21-18/h3-11H,1-2H3. The number of hydrogen-bond acceptors (Lipinski definition) is 3. The van der Waals surface area contributed by atoms with Gasteiger partial charge in [0, 0.05) is 23.2 Å². The number of aromatic nitrogens is 3. The predicted octanol–water partition coefficient (Wildman–Crippen LogP) is 4.46. The second-order valence-electron chi connectivity index (χ2n) is 5.46. The molecule has 106 valence electrons. The summed E-state index contributed by atoms with van der Waals surface area (Å²) < 4.78 is 0. The highest BCUT2D eigenvalue weighted by atomic mass is 14.8. The fourth-order valence-electron chi connectivity index (χ4n) is 2.90. The Morgan fingerprint density at radius 1 is 0.636 bits per heavy atom. The fourth-order valence-corrected chi connectivity index (χ4v) is 2.90. The van der Waals surface area contributed by atoms with E-state index in [2.05, 4.69) is 35.9 Å². The fraction of sp³-hybridized carbons (Fsp3) is 0.105. The summed E-state index contributed by atoms with van der Waals surface area (Å²) in [4.78, 5) is 13.8. The number of benzene rings is 1. The minimum absolute atomic E-state index is 0.878. The van der Waals surface area contributed by atoms with Gasteiger partial charge in [0.1, 0.15) is 0 Å². The molecule has 0 saturated heterocycles. The lowest BCUT2D eigenvalue weighted by Gasteiger charge is -2.11. The van der Waals surface area contributed by atoms with Gasteiger partial charge in [0.25, 0.3) is 0 Å². The molecule has 4 rings (SSSR count). The lowest BCUT2D eigenvalue weighted by Crippen LogP contribution is -1.94. The molecule has 4 aromatic rings. The number of hydrogen-bond donors (Lipinski definition) is 0. The van der Waals surface area contributed by atoms with Crippen LogP contribution in [0.4, 0.5) is 0 Å². The zero-order valence-corrected chi connectivity index (χ0v) is 12.5. The van der Waals surface area contributed by atoms with E-state index in [0.29, 0.717) is 0 Å². The van der Waals surface area contributed by atoms with E-state index in [0.717, 1.165) is 33.2 Å². The normalized spacial score (nSPS) is 11.2. The molecule has 0 fully saturated rings. The van der Waals surface area contributed by atoms with Crippen molar-refractivity contribution in [2.45, 2.75) is 13.8 Å². The number of rotatable bonds is 1. The highest BCUT2D eigenvalue weighted by molar-refractivity contribution is 6.06. The van der Waals surface area contributed by atoms with Crippen molar-refractivity contribution < 1.29 is 0 Å². The maximum Gasteiger partial charge on any atom is 0.0975 e. The minimum atomic E-state index is 0.878. The molecular formula is C19H15N3. The first-order valence-electron chi connectivity index (χ1n) is 7.32. The summed E-state index contributed by atoms with van der Waals surface area (Å²) in [5.74, 6) is 0. The Labute approximate surface area is 128 Å². The van der Waals surface area contributed by atoms with E-state index in [4.69, 9.17) is 4.98 Å². The van der Waals surface area contributed by atoms with Crippen molar-refractivity contribution in [1.82, 2.24) is 15.0 Å². The Morgan fingerprint density at radius 2 is 1.41 bits per heavy atom. The molecule has 0 atom stereocenters. The summed E-state index contributed by atoms with van der Waals surface area (Å²) in [6, 6.07) is 14.1. The average Bonchev–Trinajstić information content (AvgIpc) is 2.60. The van der Waals surface area contributed by atoms with Gasteiger partial charge in [-0.25, -0.2) is 4.98 Å². The first-order chi connectivity index (χ1) is 10.8. The SMILES string of the molecule is Cc1c(C)c2ccc(-c3ccccn3)nc2c2ncccc12. The molecule has 3 heteroatoms. The van der Waals surface area contributed by atoms with Crippen molar-refractivity contribution in [3.8, 4) is 11.4 Å². The van der Waals surface area contributed by atoms with Crippen molar-refractivity contribution >= 4 is 21.8 Å². The van der Waals surface area contributed by atoms with E-state index in [9.17, 15) is 0 Å². The van der Waals surface area contributed by atoms with Crippen LogP contribution in [0.1, 0.15) is 11.1 Å². The van der Waals surface area contributed by atoms with Crippen LogP contribution in [0.2, 0.25) is 0 Å². The third-order valence-electron chi connectivity index (χ3n) is 4.23. The average molecular weight is 285 g/mol. The molecule has 0 saturated carbocycles. The summed E-state index contributed by atoms with van der Waals surface area (Å²) in [5, 5.41) is 2.32. The summed E-state index contributed by atoms with van der Waals surface area (Å²) >= 11 is 0. The molecule has 0 aliphatic rings. The molecule has 0 aliphatic carbocycles. The second-order valence-corrected chi connectivity index (χ2v) is 5.46. The van der Waals surface area contributed by atoms with Gasteiger partial charge in [-0.15, -0.1) is 0 Å². The van der Waals surface area contributed by atoms with Crippen molar-refractivity contribution in [1.29, 1.82) is 0 Å². The van der Waals surface area contributed by atoms with Gasteiger partial charge in [0.05, 0.1) is 22.4 Å². The van der Waals surface area contributed by atoms with Crippen LogP contribution in [0, 0.1) is 13.8 Å². The topological polar surface area (TPSA) is 38.7 Å². The number of pyridine rings is 3. The van der Waals surface area contributed by atoms with Gasteiger partial charge in [-0.3, -0.25) is 9.97 Å². The Balaban J connectivity index is 2.12. The van der Waals surface area contributed by atoms with Crippen LogP contribution in [0.15, 0.2) is 54.9 Å². The summed E-state index contributed by atoms with van der Waals surface area (Å²) in [6.07, 6.45) is 3.61. The molecule has 3 heterocycles. The molecule has 0 amide bonds. The molecule has 0 radical (unpaired) electrons. The van der Waals surface area contributed by atoms with Gasteiger partial charge in [-0.05, 0) is 49.2 Å². The quantitative estimate of drug-likeness (QED) is 0.485. The first kappa shape index (κ1) is 12.9. The molecule has 0 spiro atoms. The number of aryl methyl sites for hydroxylation is 2. The van der Waals surface area contributed by atoms with Gasteiger partial charge in [-0.1, -0.05) is 18.2 Å². The van der Waals surface area contributed by atoms with E-state index in [1.54, 1.807) is 6.20 Å². The largest absolute Gasteiger partial charge is 0.255 e. The van der Waals surface area contributed by atoms with E-state index >= 15 is 0 Å². The monoisotopic (exact) mass is 285 g/mol. The van der Waals surface area contributed by atoms with Crippen LogP contribution in [0.3, 0.4) is 0 Å². The van der Waals surface area contributed by atoms with Crippen molar-refractivity contribution in [2.75, 3.05) is 0 Å². The summed E-state index contributed by atoms with van der Waals surface area (Å²) in [6.45, 7) is 4.29. The molecule has 0 unspecified atom stereocenters. The zero-order valence-electron chi connectivity index (χ0n) is 12.5. The smallest absolute Gasteiger partial charge is 0.0975 e. The maximum atomic E-state index is 4.85. The third-order valence-corrected chi connectivity index (χ3v) is 4.23. The van der Waals surface area contributed by atoms with E-state index in [1.807, 2.05) is 36.5 Å². The van der Waals surface area contributed by atoms with Gasteiger partial charge in [-0.2, -0.15) is 0 Å². The van der Waals surface area contributed by atoms with Crippen molar-refractivity contribution in [3.05, 3.63) is 66.0 Å². The Morgan fingerprint density at radius 3 is 2.18 bits per heavy atom. The highest BCUT2D eigenvalue weighted by Crippen LogP contribution is 2.31. The van der Waals surface area contributed by atoms with E-state index in [-0.39, 0.29) is 0 Å². The third kappa shape index (κ3) is 1.86. The molecule has 0 bridgehead atoms. The lowest BCUT2D eigenvalue weighted by molar-refractivity contribution is 1.27. The summed E-state index contributed by atoms with van der Waals surface area (Å²) in [5.41, 5.74) is 6.19. The Kier molecular flexibility index (Phi) is 2.86. The first-order valence-corrected chi connectivity index (χ1v) is 7.32. The van der Waals surface area contributed by atoms with E-state index < -0.39 is 0 Å². The van der Waals surface area contributed by atoms with Crippen LogP contribution < -0.4 is 0 Å². The van der Waals surface area contributed by atoms with Crippen LogP contribution in [0.25, 0.3) is 33.2 Å². The molecule has 3 aromatic heterocycles. The van der Waals surface area contributed by atoms with E-state index in [1.165, 1.54) is 11.1 Å². The number of nitrogens with zero attached hydrogens (tertiary/aromatic N) is 3. The van der Waals surface area contributed by atoms with Crippen LogP contribution in [0.5, 0.6) is 0 Å². The highest BCUT2D eigenvalue weighted by Gasteiger charge is 2.12.